The van der Waals surface area contributed by atoms with Crippen molar-refractivity contribution in [2.75, 3.05) is 13.2 Å². The number of nitrogens with zero attached hydrogens (tertiary/aromatic N) is 1. The van der Waals surface area contributed by atoms with Gasteiger partial charge in [-0.1, -0.05) is 28.1 Å². The predicted molar refractivity (Wildman–Crippen MR) is 109 cm³/mol. The molecule has 0 aliphatic rings. The van der Waals surface area contributed by atoms with Crippen molar-refractivity contribution in [3.05, 3.63) is 70.5 Å². The monoisotopic (exact) mass is 429 g/mol. The fourth-order valence-corrected chi connectivity index (χ4v) is 3.14. The number of rotatable bonds is 8. The van der Waals surface area contributed by atoms with Crippen molar-refractivity contribution >= 4 is 38.9 Å². The van der Waals surface area contributed by atoms with Gasteiger partial charge in [0.2, 0.25) is 5.76 Å². The first-order valence-electron chi connectivity index (χ1n) is 8.62. The molecular weight excluding hydrogens is 410 g/mol. The number of benzene rings is 2. The zero-order valence-corrected chi connectivity index (χ0v) is 16.5. The lowest BCUT2D eigenvalue weighted by molar-refractivity contribution is -0.136. The normalized spacial score (nSPS) is 11.6. The molecule has 0 aliphatic carbocycles. The first-order valence-corrected chi connectivity index (χ1v) is 9.41. The molecule has 0 aliphatic heterocycles. The van der Waals surface area contributed by atoms with Crippen LogP contribution < -0.4 is 4.74 Å². The number of carboxylic acid groups (broad SMARTS) is 1. The number of aliphatic carboxylic acids is 1. The Hall–Kier alpha value is -2.73. The van der Waals surface area contributed by atoms with Gasteiger partial charge < -0.3 is 19.1 Å². The van der Waals surface area contributed by atoms with Crippen molar-refractivity contribution in [3.63, 3.8) is 0 Å². The van der Waals surface area contributed by atoms with Crippen molar-refractivity contribution < 1.29 is 19.4 Å². The minimum Gasteiger partial charge on any atom is -0.492 e. The van der Waals surface area contributed by atoms with Crippen LogP contribution in [-0.2, 0) is 16.1 Å². The number of aromatic nitrogens is 1. The standard InChI is InChI=1S/C21H20BrNO4/c1-2-26-20(21(24)25)13-15-3-6-18(7-4-15)27-12-11-23-10-9-16-14-17(22)5-8-19(16)23/h3-10,13-14H,2,11-12H2,1H3,(H,24,25)/b20-13-. The highest BCUT2D eigenvalue weighted by atomic mass is 79.9. The smallest absolute Gasteiger partial charge is 0.371 e. The minimum absolute atomic E-state index is 0.0720. The third kappa shape index (κ3) is 4.92. The molecule has 0 amide bonds. The first kappa shape index (κ1) is 19.0. The van der Waals surface area contributed by atoms with Crippen molar-refractivity contribution in [1.29, 1.82) is 0 Å². The van der Waals surface area contributed by atoms with Gasteiger partial charge >= 0.3 is 5.97 Å². The Morgan fingerprint density at radius 3 is 2.67 bits per heavy atom. The molecule has 27 heavy (non-hydrogen) atoms. The molecule has 1 aromatic heterocycles. The summed E-state index contributed by atoms with van der Waals surface area (Å²) >= 11 is 3.48. The van der Waals surface area contributed by atoms with Gasteiger partial charge in [-0.05, 0) is 55.0 Å². The van der Waals surface area contributed by atoms with Crippen LogP contribution in [0.15, 0.2) is 65.0 Å². The van der Waals surface area contributed by atoms with E-state index in [1.165, 1.54) is 17.0 Å². The molecule has 0 unspecified atom stereocenters. The SMILES string of the molecule is CCO/C(=C\c1ccc(OCCn2ccc3cc(Br)ccc32)cc1)C(=O)O. The molecule has 0 saturated carbocycles. The summed E-state index contributed by atoms with van der Waals surface area (Å²) < 4.78 is 14.1. The van der Waals surface area contributed by atoms with E-state index in [4.69, 9.17) is 14.6 Å². The van der Waals surface area contributed by atoms with E-state index in [1.807, 2.05) is 18.2 Å². The molecule has 0 bridgehead atoms. The van der Waals surface area contributed by atoms with Gasteiger partial charge in [0.05, 0.1) is 13.2 Å². The maximum Gasteiger partial charge on any atom is 0.371 e. The molecule has 0 fully saturated rings. The largest absolute Gasteiger partial charge is 0.492 e. The number of ether oxygens (including phenoxy) is 2. The summed E-state index contributed by atoms with van der Waals surface area (Å²) in [7, 11) is 0. The quantitative estimate of drug-likeness (QED) is 0.406. The van der Waals surface area contributed by atoms with Crippen LogP contribution in [0, 0.1) is 0 Å². The van der Waals surface area contributed by atoms with E-state index in [0.29, 0.717) is 13.2 Å². The summed E-state index contributed by atoms with van der Waals surface area (Å²) in [5.74, 6) is -0.417. The Morgan fingerprint density at radius 2 is 1.96 bits per heavy atom. The number of carboxylic acids is 1. The Kier molecular flexibility index (Phi) is 6.19. The molecule has 0 saturated heterocycles. The lowest BCUT2D eigenvalue weighted by Crippen LogP contribution is -2.07. The molecule has 6 heteroatoms. The summed E-state index contributed by atoms with van der Waals surface area (Å²) in [6, 6.07) is 15.5. The van der Waals surface area contributed by atoms with Crippen molar-refractivity contribution in [2.45, 2.75) is 13.5 Å². The maximum absolute atomic E-state index is 11.1. The van der Waals surface area contributed by atoms with E-state index in [9.17, 15) is 4.79 Å². The van der Waals surface area contributed by atoms with Crippen molar-refractivity contribution in [3.8, 4) is 5.75 Å². The van der Waals surface area contributed by atoms with Crippen molar-refractivity contribution in [2.24, 2.45) is 0 Å². The summed E-state index contributed by atoms with van der Waals surface area (Å²) in [5.41, 5.74) is 1.91. The lowest BCUT2D eigenvalue weighted by atomic mass is 10.2. The fraction of sp³-hybridized carbons (Fsp3) is 0.190. The predicted octanol–water partition coefficient (Wildman–Crippen LogP) is 4.94. The van der Waals surface area contributed by atoms with E-state index in [2.05, 4.69) is 44.9 Å². The highest BCUT2D eigenvalue weighted by Crippen LogP contribution is 2.21. The molecule has 0 atom stereocenters. The molecule has 0 radical (unpaired) electrons. The fourth-order valence-electron chi connectivity index (χ4n) is 2.76. The zero-order valence-electron chi connectivity index (χ0n) is 14.9. The third-order valence-electron chi connectivity index (χ3n) is 4.02. The van der Waals surface area contributed by atoms with Crippen LogP contribution in [0.1, 0.15) is 12.5 Å². The maximum atomic E-state index is 11.1. The zero-order chi connectivity index (χ0) is 19.2. The molecule has 3 rings (SSSR count). The van der Waals surface area contributed by atoms with E-state index in [0.717, 1.165) is 22.3 Å². The van der Waals surface area contributed by atoms with Gasteiger partial charge in [-0.2, -0.15) is 0 Å². The van der Waals surface area contributed by atoms with Gasteiger partial charge in [0, 0.05) is 21.6 Å². The summed E-state index contributed by atoms with van der Waals surface area (Å²) in [6.07, 6.45) is 3.55. The molecular formula is C21H20BrNO4. The topological polar surface area (TPSA) is 60.7 Å². The second-order valence-electron chi connectivity index (χ2n) is 5.88. The number of fused-ring (bicyclic) bond motifs is 1. The van der Waals surface area contributed by atoms with Crippen LogP contribution in [-0.4, -0.2) is 28.9 Å². The van der Waals surface area contributed by atoms with Crippen LogP contribution in [0.4, 0.5) is 0 Å². The van der Waals surface area contributed by atoms with Crippen LogP contribution in [0.2, 0.25) is 0 Å². The minimum atomic E-state index is -1.08. The van der Waals surface area contributed by atoms with Gasteiger partial charge in [-0.15, -0.1) is 0 Å². The first-order chi connectivity index (χ1) is 13.1. The van der Waals surface area contributed by atoms with E-state index in [1.54, 1.807) is 19.1 Å². The highest BCUT2D eigenvalue weighted by molar-refractivity contribution is 9.10. The summed E-state index contributed by atoms with van der Waals surface area (Å²) in [6.45, 7) is 3.33. The van der Waals surface area contributed by atoms with Gasteiger partial charge in [0.15, 0.2) is 0 Å². The molecule has 3 aromatic rings. The van der Waals surface area contributed by atoms with Gasteiger partial charge in [-0.3, -0.25) is 0 Å². The average molecular weight is 430 g/mol. The van der Waals surface area contributed by atoms with Crippen molar-refractivity contribution in [1.82, 2.24) is 4.57 Å². The van der Waals surface area contributed by atoms with E-state index >= 15 is 0 Å². The lowest BCUT2D eigenvalue weighted by Gasteiger charge is -2.09. The van der Waals surface area contributed by atoms with E-state index < -0.39 is 5.97 Å². The van der Waals surface area contributed by atoms with Gasteiger partial charge in [-0.25, -0.2) is 4.79 Å². The van der Waals surface area contributed by atoms with Crippen LogP contribution in [0.5, 0.6) is 5.75 Å². The van der Waals surface area contributed by atoms with Gasteiger partial charge in [0.25, 0.3) is 0 Å². The third-order valence-corrected chi connectivity index (χ3v) is 4.52. The second kappa shape index (κ2) is 8.77. The molecule has 5 nitrogen and oxygen atoms in total. The number of hydrogen-bond donors (Lipinski definition) is 1. The second-order valence-corrected chi connectivity index (χ2v) is 6.79. The molecule has 140 valence electrons. The molecule has 1 heterocycles. The summed E-state index contributed by atoms with van der Waals surface area (Å²) in [4.78, 5) is 11.1. The molecule has 2 aromatic carbocycles. The highest BCUT2D eigenvalue weighted by Gasteiger charge is 2.08. The Labute approximate surface area is 166 Å². The Bertz CT molecular complexity index is 960. The van der Waals surface area contributed by atoms with E-state index in [-0.39, 0.29) is 5.76 Å². The molecule has 0 spiro atoms. The number of carbonyl (C=O) groups is 1. The molecule has 1 N–H and O–H groups in total. The Morgan fingerprint density at radius 1 is 1.19 bits per heavy atom. The average Bonchev–Trinajstić information content (AvgIpc) is 3.04. The van der Waals surface area contributed by atoms with Gasteiger partial charge in [0.1, 0.15) is 12.4 Å². The number of halogens is 1. The Balaban J connectivity index is 1.60. The number of hydrogen-bond acceptors (Lipinski definition) is 3. The summed E-state index contributed by atoms with van der Waals surface area (Å²) in [5, 5.41) is 10.3. The van der Waals surface area contributed by atoms with Crippen LogP contribution in [0.3, 0.4) is 0 Å². The van der Waals surface area contributed by atoms with Crippen LogP contribution in [0.25, 0.3) is 17.0 Å². The van der Waals surface area contributed by atoms with Crippen LogP contribution >= 0.6 is 15.9 Å².